The highest BCUT2D eigenvalue weighted by Crippen LogP contribution is 2.19. The van der Waals surface area contributed by atoms with Crippen LogP contribution < -0.4 is 15.6 Å². The summed E-state index contributed by atoms with van der Waals surface area (Å²) >= 11 is 0. The number of likely N-dealkylation sites (tertiary alicyclic amines) is 1. The number of methoxy groups -OCH3 is 1. The quantitative estimate of drug-likeness (QED) is 0.781. The monoisotopic (exact) mass is 341 g/mol. The van der Waals surface area contributed by atoms with E-state index in [0.29, 0.717) is 11.8 Å². The van der Waals surface area contributed by atoms with Crippen LogP contribution in [-0.2, 0) is 11.3 Å². The van der Waals surface area contributed by atoms with E-state index in [1.807, 2.05) is 18.2 Å². The van der Waals surface area contributed by atoms with E-state index < -0.39 is 0 Å². The molecule has 7 heteroatoms. The minimum Gasteiger partial charge on any atom is -0.481 e. The average Bonchev–Trinajstić information content (AvgIpc) is 2.67. The number of rotatable bonds is 6. The largest absolute Gasteiger partial charge is 0.481 e. The molecule has 132 valence electrons. The molecule has 1 aliphatic heterocycles. The molecule has 1 aromatic carbocycles. The van der Waals surface area contributed by atoms with Crippen molar-refractivity contribution in [2.45, 2.75) is 19.4 Å². The summed E-state index contributed by atoms with van der Waals surface area (Å²) in [6.07, 6.45) is 3.47. The second kappa shape index (κ2) is 8.43. The number of carbonyl (C=O) groups excluding carboxylic acids is 1. The van der Waals surface area contributed by atoms with Crippen molar-refractivity contribution < 1.29 is 9.53 Å². The molecule has 1 aliphatic rings. The van der Waals surface area contributed by atoms with Gasteiger partial charge in [0.25, 0.3) is 0 Å². The lowest BCUT2D eigenvalue weighted by Crippen LogP contribution is -2.44. The zero-order valence-corrected chi connectivity index (χ0v) is 14.3. The molecule has 2 N–H and O–H groups in total. The van der Waals surface area contributed by atoms with E-state index in [1.54, 1.807) is 12.3 Å². The van der Waals surface area contributed by atoms with Crippen molar-refractivity contribution in [3.05, 3.63) is 48.2 Å². The SMILES string of the molecule is COc1ccnc(NNC(=O)C2CCCN(Cc3ccccc3)C2)n1. The van der Waals surface area contributed by atoms with E-state index in [-0.39, 0.29) is 11.8 Å². The first kappa shape index (κ1) is 17.2. The second-order valence-corrected chi connectivity index (χ2v) is 6.10. The first-order valence-electron chi connectivity index (χ1n) is 8.44. The van der Waals surface area contributed by atoms with Crippen molar-refractivity contribution in [3.63, 3.8) is 0 Å². The molecule has 1 fully saturated rings. The van der Waals surface area contributed by atoms with Gasteiger partial charge in [-0.25, -0.2) is 4.98 Å². The maximum absolute atomic E-state index is 12.4. The Bertz CT molecular complexity index is 695. The van der Waals surface area contributed by atoms with Crippen LogP contribution in [-0.4, -0.2) is 41.0 Å². The molecule has 1 atom stereocenters. The first-order chi connectivity index (χ1) is 12.2. The molecule has 25 heavy (non-hydrogen) atoms. The number of hydrogen-bond acceptors (Lipinski definition) is 6. The molecule has 1 amide bonds. The predicted octanol–water partition coefficient (Wildman–Crippen LogP) is 1.84. The zero-order chi connectivity index (χ0) is 17.5. The van der Waals surface area contributed by atoms with E-state index in [2.05, 4.69) is 37.9 Å². The summed E-state index contributed by atoms with van der Waals surface area (Å²) in [4.78, 5) is 22.9. The molecule has 2 aromatic rings. The number of hydrazine groups is 1. The molecule has 1 unspecified atom stereocenters. The number of nitrogens with zero attached hydrogens (tertiary/aromatic N) is 3. The summed E-state index contributed by atoms with van der Waals surface area (Å²) in [6, 6.07) is 12.0. The van der Waals surface area contributed by atoms with Crippen LogP contribution in [0.15, 0.2) is 42.6 Å². The van der Waals surface area contributed by atoms with E-state index >= 15 is 0 Å². The molecule has 0 spiro atoms. The van der Waals surface area contributed by atoms with E-state index in [4.69, 9.17) is 4.74 Å². The number of aromatic nitrogens is 2. The van der Waals surface area contributed by atoms with Crippen molar-refractivity contribution in [2.75, 3.05) is 25.6 Å². The van der Waals surface area contributed by atoms with Gasteiger partial charge in [0.15, 0.2) is 0 Å². The number of piperidine rings is 1. The van der Waals surface area contributed by atoms with Gasteiger partial charge in [-0.15, -0.1) is 0 Å². The minimum atomic E-state index is -0.0458. The number of nitrogens with one attached hydrogen (secondary N) is 2. The Hall–Kier alpha value is -2.67. The Kier molecular flexibility index (Phi) is 5.79. The van der Waals surface area contributed by atoms with Gasteiger partial charge in [0.2, 0.25) is 17.7 Å². The highest BCUT2D eigenvalue weighted by atomic mass is 16.5. The summed E-state index contributed by atoms with van der Waals surface area (Å²) in [5, 5.41) is 0. The minimum absolute atomic E-state index is 0.0378. The smallest absolute Gasteiger partial charge is 0.245 e. The van der Waals surface area contributed by atoms with Crippen molar-refractivity contribution in [1.29, 1.82) is 0 Å². The van der Waals surface area contributed by atoms with E-state index in [1.165, 1.54) is 12.7 Å². The Morgan fingerprint density at radius 1 is 1.32 bits per heavy atom. The van der Waals surface area contributed by atoms with Gasteiger partial charge in [-0.1, -0.05) is 30.3 Å². The third kappa shape index (κ3) is 4.90. The topological polar surface area (TPSA) is 79.4 Å². The summed E-state index contributed by atoms with van der Waals surface area (Å²) in [5.41, 5.74) is 6.74. The van der Waals surface area contributed by atoms with Crippen LogP contribution in [0.1, 0.15) is 18.4 Å². The zero-order valence-electron chi connectivity index (χ0n) is 14.3. The fourth-order valence-corrected chi connectivity index (χ4v) is 2.99. The van der Waals surface area contributed by atoms with Gasteiger partial charge in [0, 0.05) is 25.4 Å². The molecule has 2 heterocycles. The van der Waals surface area contributed by atoms with Crippen molar-refractivity contribution in [1.82, 2.24) is 20.3 Å². The summed E-state index contributed by atoms with van der Waals surface area (Å²) in [6.45, 7) is 2.64. The van der Waals surface area contributed by atoms with Gasteiger partial charge < -0.3 is 4.74 Å². The third-order valence-corrected chi connectivity index (χ3v) is 4.26. The number of ether oxygens (including phenoxy) is 1. The average molecular weight is 341 g/mol. The molecule has 0 aliphatic carbocycles. The number of amides is 1. The lowest BCUT2D eigenvalue weighted by atomic mass is 9.97. The Morgan fingerprint density at radius 2 is 2.16 bits per heavy atom. The molecule has 0 saturated carbocycles. The second-order valence-electron chi connectivity index (χ2n) is 6.10. The standard InChI is InChI=1S/C18H23N5O2/c1-25-16-9-10-19-18(20-16)22-21-17(24)15-8-5-11-23(13-15)12-14-6-3-2-4-7-14/h2-4,6-7,9-10,15H,5,8,11-13H2,1H3,(H,21,24)(H,19,20,22). The molecule has 1 saturated heterocycles. The maximum atomic E-state index is 12.4. The van der Waals surface area contributed by atoms with Crippen molar-refractivity contribution in [3.8, 4) is 5.88 Å². The number of hydrogen-bond donors (Lipinski definition) is 2. The van der Waals surface area contributed by atoms with E-state index in [9.17, 15) is 4.79 Å². The van der Waals surface area contributed by atoms with Crippen LogP contribution in [0.2, 0.25) is 0 Å². The number of carbonyl (C=O) groups is 1. The highest BCUT2D eigenvalue weighted by molar-refractivity contribution is 5.79. The molecule has 0 radical (unpaired) electrons. The molecule has 7 nitrogen and oxygen atoms in total. The first-order valence-corrected chi connectivity index (χ1v) is 8.44. The van der Waals surface area contributed by atoms with E-state index in [0.717, 1.165) is 32.5 Å². The third-order valence-electron chi connectivity index (χ3n) is 4.26. The van der Waals surface area contributed by atoms with Crippen LogP contribution in [0.3, 0.4) is 0 Å². The van der Waals surface area contributed by atoms with Crippen LogP contribution >= 0.6 is 0 Å². The Labute approximate surface area is 147 Å². The van der Waals surface area contributed by atoms with Gasteiger partial charge >= 0.3 is 0 Å². The predicted molar refractivity (Wildman–Crippen MR) is 94.8 cm³/mol. The fourth-order valence-electron chi connectivity index (χ4n) is 2.99. The van der Waals surface area contributed by atoms with Crippen molar-refractivity contribution in [2.24, 2.45) is 5.92 Å². The van der Waals surface area contributed by atoms with Crippen LogP contribution in [0.4, 0.5) is 5.95 Å². The molecular formula is C18H23N5O2. The van der Waals surface area contributed by atoms with Gasteiger partial charge in [-0.2, -0.15) is 4.98 Å². The van der Waals surface area contributed by atoms with Gasteiger partial charge in [0.1, 0.15) is 0 Å². The number of benzene rings is 1. The molecule has 3 rings (SSSR count). The van der Waals surface area contributed by atoms with Crippen LogP contribution in [0.25, 0.3) is 0 Å². The summed E-state index contributed by atoms with van der Waals surface area (Å²) in [5.74, 6) is 0.669. The lowest BCUT2D eigenvalue weighted by molar-refractivity contribution is -0.126. The molecular weight excluding hydrogens is 318 g/mol. The van der Waals surface area contributed by atoms with Crippen LogP contribution in [0, 0.1) is 5.92 Å². The maximum Gasteiger partial charge on any atom is 0.245 e. The molecule has 1 aromatic heterocycles. The fraction of sp³-hybridized carbons (Fsp3) is 0.389. The van der Waals surface area contributed by atoms with Gasteiger partial charge in [-0.05, 0) is 24.9 Å². The molecule has 0 bridgehead atoms. The summed E-state index contributed by atoms with van der Waals surface area (Å²) < 4.78 is 5.04. The van der Waals surface area contributed by atoms with Gasteiger partial charge in [0.05, 0.1) is 13.0 Å². The summed E-state index contributed by atoms with van der Waals surface area (Å²) in [7, 11) is 1.54. The van der Waals surface area contributed by atoms with Crippen molar-refractivity contribution >= 4 is 11.9 Å². The normalized spacial score (nSPS) is 17.7. The Morgan fingerprint density at radius 3 is 2.96 bits per heavy atom. The highest BCUT2D eigenvalue weighted by Gasteiger charge is 2.25. The lowest BCUT2D eigenvalue weighted by Gasteiger charge is -2.32. The van der Waals surface area contributed by atoms with Crippen LogP contribution in [0.5, 0.6) is 5.88 Å². The number of anilines is 1. The van der Waals surface area contributed by atoms with Gasteiger partial charge in [-0.3, -0.25) is 20.5 Å². The Balaban J connectivity index is 1.51.